The molecule has 3 aromatic rings. The fourth-order valence-corrected chi connectivity index (χ4v) is 10.6. The van der Waals surface area contributed by atoms with E-state index in [2.05, 4.69) is 32.7 Å². The highest BCUT2D eigenvalue weighted by atomic mass is 16.4. The SMILES string of the molecule is O=C(O)CC[C@H](NC(=O)N[C@@H](C[C@H]1C[C@@H]1CNC(=O)[C@H](Cc1c2ccccc2cc2ccccc12)NC(=O)C1CCC(CNC(=O)CN2CCN(CC(=O)O)CCN(CC(=O)O)CCN(CC(=O)O)CC2)CC1)C(=O)O)C(=O)O. The fourth-order valence-electron chi connectivity index (χ4n) is 10.6. The van der Waals surface area contributed by atoms with Gasteiger partial charge >= 0.3 is 41.8 Å². The minimum Gasteiger partial charge on any atom is -0.481 e. The van der Waals surface area contributed by atoms with Gasteiger partial charge in [-0.05, 0) is 95.9 Å². The van der Waals surface area contributed by atoms with E-state index in [4.69, 9.17) is 5.11 Å². The van der Waals surface area contributed by atoms with Crippen molar-refractivity contribution in [3.8, 4) is 0 Å². The van der Waals surface area contributed by atoms with Crippen LogP contribution < -0.4 is 26.6 Å². The number of nitrogens with zero attached hydrogens (tertiary/aromatic N) is 4. The third kappa shape index (κ3) is 19.7. The van der Waals surface area contributed by atoms with Gasteiger partial charge in [0.1, 0.15) is 18.1 Å². The predicted molar refractivity (Wildman–Crippen MR) is 285 cm³/mol. The second-order valence-corrected chi connectivity index (χ2v) is 20.9. The van der Waals surface area contributed by atoms with Crippen LogP contribution in [-0.2, 0) is 49.6 Å². The summed E-state index contributed by atoms with van der Waals surface area (Å²) in [6.45, 7) is 1.74. The lowest BCUT2D eigenvalue weighted by molar-refractivity contribution is -0.141. The molecule has 2 saturated carbocycles. The molecule has 25 heteroatoms. The maximum Gasteiger partial charge on any atom is 0.326 e. The number of nitrogens with one attached hydrogen (secondary N) is 5. The first-order valence-corrected chi connectivity index (χ1v) is 26.7. The molecule has 0 unspecified atom stereocenters. The number of urea groups is 1. The van der Waals surface area contributed by atoms with Crippen molar-refractivity contribution >= 4 is 81.1 Å². The molecule has 5 atom stereocenters. The van der Waals surface area contributed by atoms with Gasteiger partial charge in [-0.25, -0.2) is 14.4 Å². The van der Waals surface area contributed by atoms with Crippen LogP contribution in [0.1, 0.15) is 56.9 Å². The van der Waals surface area contributed by atoms with Crippen molar-refractivity contribution in [1.82, 2.24) is 46.2 Å². The Bertz CT molecular complexity index is 2600. The Balaban J connectivity index is 1.05. The monoisotopic (exact) mass is 1100 g/mol. The minimum absolute atomic E-state index is 0.0216. The second-order valence-electron chi connectivity index (χ2n) is 20.9. The van der Waals surface area contributed by atoms with Gasteiger partial charge in [-0.2, -0.15) is 0 Å². The predicted octanol–water partition coefficient (Wildman–Crippen LogP) is 0.631. The van der Waals surface area contributed by atoms with E-state index in [1.54, 1.807) is 14.7 Å². The number of carboxylic acid groups (broad SMARTS) is 6. The van der Waals surface area contributed by atoms with E-state index < -0.39 is 84.6 Å². The zero-order valence-electron chi connectivity index (χ0n) is 44.1. The van der Waals surface area contributed by atoms with Crippen LogP contribution in [0.3, 0.4) is 0 Å². The van der Waals surface area contributed by atoms with Crippen molar-refractivity contribution in [2.75, 3.05) is 91.6 Å². The Hall–Kier alpha value is -7.48. The Kier molecular flexibility index (Phi) is 22.7. The number of fused-ring (bicyclic) bond motifs is 2. The summed E-state index contributed by atoms with van der Waals surface area (Å²) in [6.07, 6.45) is 1.92. The van der Waals surface area contributed by atoms with Gasteiger partial charge in [0.25, 0.3) is 0 Å². The van der Waals surface area contributed by atoms with Gasteiger partial charge in [-0.15, -0.1) is 0 Å². The van der Waals surface area contributed by atoms with E-state index in [0.717, 1.165) is 27.1 Å². The van der Waals surface area contributed by atoms with Crippen molar-refractivity contribution in [1.29, 1.82) is 0 Å². The molecule has 1 aliphatic heterocycles. The second kappa shape index (κ2) is 29.5. The van der Waals surface area contributed by atoms with Crippen LogP contribution in [0.25, 0.3) is 21.5 Å². The maximum atomic E-state index is 14.3. The van der Waals surface area contributed by atoms with E-state index in [1.807, 2.05) is 53.4 Å². The highest BCUT2D eigenvalue weighted by Crippen LogP contribution is 2.41. The molecule has 0 bridgehead atoms. The molecule has 79 heavy (non-hydrogen) atoms. The average molecular weight is 1100 g/mol. The number of amides is 5. The molecule has 1 heterocycles. The summed E-state index contributed by atoms with van der Waals surface area (Å²) >= 11 is 0. The zero-order chi connectivity index (χ0) is 57.2. The minimum atomic E-state index is -1.56. The number of rotatable bonds is 26. The fraction of sp³-hybridized carbons (Fsp3) is 0.556. The Morgan fingerprint density at radius 3 is 1.48 bits per heavy atom. The first kappa shape index (κ1) is 60.7. The van der Waals surface area contributed by atoms with Crippen molar-refractivity contribution < 1.29 is 78.6 Å². The van der Waals surface area contributed by atoms with E-state index in [9.17, 15) is 73.5 Å². The zero-order valence-corrected chi connectivity index (χ0v) is 44.1. The first-order chi connectivity index (χ1) is 37.7. The number of carbonyl (C=O) groups is 10. The van der Waals surface area contributed by atoms with Gasteiger partial charge in [-0.3, -0.25) is 53.2 Å². The van der Waals surface area contributed by atoms with Crippen molar-refractivity contribution in [2.45, 2.75) is 75.9 Å². The first-order valence-electron chi connectivity index (χ1n) is 26.7. The van der Waals surface area contributed by atoms with Crippen LogP contribution in [0.4, 0.5) is 4.79 Å². The number of carboxylic acids is 6. The summed E-state index contributed by atoms with van der Waals surface area (Å²) in [4.78, 5) is 131. The molecular formula is C54H73N9O16. The molecule has 0 aromatic heterocycles. The highest BCUT2D eigenvalue weighted by molar-refractivity contribution is 6.03. The molecular weight excluding hydrogens is 1030 g/mol. The van der Waals surface area contributed by atoms with Gasteiger partial charge in [-0.1, -0.05) is 48.5 Å². The molecule has 430 valence electrons. The standard InChI is InChI=1S/C54H73N9O16/c64-45(29-60-15-17-61(30-47(67)68)19-21-63(32-49(71)72)22-20-62(18-16-60)31-48(69)70)55-27-33-9-11-34(12-10-33)50(73)57-43(26-41-39-7-3-1-5-35(39)23-36-6-2-4-8-40(36)41)51(74)56-28-38-24-37(38)25-44(53(77)78)59-54(79)58-42(52(75)76)13-14-46(65)66/h1-8,23,33-34,37-38,42-44H,9-22,24-32H2,(H,55,64)(H,56,74)(H,57,73)(H,65,66)(H,67,68)(H,69,70)(H,71,72)(H,75,76)(H,77,78)(H2,58,59,79)/t33?,34?,37-,38-,42+,43+,44+/m1/s1. The molecule has 1 saturated heterocycles. The van der Waals surface area contributed by atoms with Crippen LogP contribution >= 0.6 is 0 Å². The molecule has 0 radical (unpaired) electrons. The molecule has 25 nitrogen and oxygen atoms in total. The summed E-state index contributed by atoms with van der Waals surface area (Å²) < 4.78 is 0. The number of aliphatic carboxylic acids is 6. The lowest BCUT2D eigenvalue weighted by atomic mass is 9.81. The van der Waals surface area contributed by atoms with Gasteiger partial charge in [0.2, 0.25) is 17.7 Å². The van der Waals surface area contributed by atoms with Gasteiger partial charge < -0.3 is 57.2 Å². The van der Waals surface area contributed by atoms with E-state index in [0.29, 0.717) is 51.7 Å². The normalized spacial score (nSPS) is 21.0. The smallest absolute Gasteiger partial charge is 0.326 e. The quantitative estimate of drug-likeness (QED) is 0.0491. The highest BCUT2D eigenvalue weighted by Gasteiger charge is 2.41. The van der Waals surface area contributed by atoms with Crippen LogP contribution in [0, 0.1) is 23.7 Å². The van der Waals surface area contributed by atoms with Crippen molar-refractivity contribution in [3.05, 3.63) is 60.2 Å². The van der Waals surface area contributed by atoms with Crippen molar-refractivity contribution in [3.63, 3.8) is 0 Å². The number of hydrogen-bond donors (Lipinski definition) is 11. The van der Waals surface area contributed by atoms with Crippen LogP contribution in [0.2, 0.25) is 0 Å². The topological polar surface area (TPSA) is 365 Å². The van der Waals surface area contributed by atoms with E-state index in [1.165, 1.54) is 0 Å². The summed E-state index contributed by atoms with van der Waals surface area (Å²) in [5, 5.41) is 74.1. The summed E-state index contributed by atoms with van der Waals surface area (Å²) in [5.74, 6) is -9.04. The van der Waals surface area contributed by atoms with E-state index in [-0.39, 0.29) is 114 Å². The number of carbonyl (C=O) groups excluding carboxylic acids is 4. The third-order valence-electron chi connectivity index (χ3n) is 15.1. The maximum absolute atomic E-state index is 14.3. The average Bonchev–Trinajstić information content (AvgIpc) is 4.25. The largest absolute Gasteiger partial charge is 0.481 e. The lowest BCUT2D eigenvalue weighted by Gasteiger charge is -2.33. The lowest BCUT2D eigenvalue weighted by Crippen LogP contribution is -2.51. The third-order valence-corrected chi connectivity index (χ3v) is 15.1. The molecule has 3 aromatic carbocycles. The Morgan fingerprint density at radius 2 is 1.00 bits per heavy atom. The Labute approximate surface area is 456 Å². The Morgan fingerprint density at radius 1 is 0.519 bits per heavy atom. The van der Waals surface area contributed by atoms with Gasteiger partial charge in [0, 0.05) is 84.2 Å². The molecule has 6 rings (SSSR count). The summed E-state index contributed by atoms with van der Waals surface area (Å²) in [5.41, 5.74) is 0.867. The molecule has 3 aliphatic rings. The number of hydrogen-bond acceptors (Lipinski definition) is 14. The van der Waals surface area contributed by atoms with Crippen LogP contribution in [-0.4, -0.2) is 220 Å². The van der Waals surface area contributed by atoms with E-state index >= 15 is 0 Å². The van der Waals surface area contributed by atoms with Crippen molar-refractivity contribution in [2.24, 2.45) is 23.7 Å². The molecule has 5 amide bonds. The molecule has 2 aliphatic carbocycles. The molecule has 11 N–H and O–H groups in total. The van der Waals surface area contributed by atoms with Gasteiger partial charge in [0.05, 0.1) is 26.2 Å². The van der Waals surface area contributed by atoms with Crippen LogP contribution in [0.15, 0.2) is 54.6 Å². The number of benzene rings is 3. The van der Waals surface area contributed by atoms with Gasteiger partial charge in [0.15, 0.2) is 0 Å². The summed E-state index contributed by atoms with van der Waals surface area (Å²) in [7, 11) is 0. The molecule has 3 fully saturated rings. The molecule has 0 spiro atoms. The van der Waals surface area contributed by atoms with Crippen LogP contribution in [0.5, 0.6) is 0 Å². The summed E-state index contributed by atoms with van der Waals surface area (Å²) in [6, 6.07) is 12.6.